The predicted octanol–water partition coefficient (Wildman–Crippen LogP) is 3.15. The molecule has 1 aliphatic heterocycles. The van der Waals surface area contributed by atoms with Crippen LogP contribution in [0.15, 0.2) is 0 Å². The second-order valence-electron chi connectivity index (χ2n) is 5.62. The van der Waals surface area contributed by atoms with Crippen LogP contribution in [0.3, 0.4) is 0 Å². The molecule has 3 nitrogen and oxygen atoms in total. The molecule has 1 saturated heterocycles. The standard InChI is InChI=1S/C14H26N2O/c1-2-12-6-5-10-16(11-9-12)14(17)15-13-7-3-4-8-13/h12-13H,2-11H2,1H3,(H,15,17). The van der Waals surface area contributed by atoms with Gasteiger partial charge < -0.3 is 10.2 Å². The van der Waals surface area contributed by atoms with Crippen LogP contribution in [0, 0.1) is 5.92 Å². The SMILES string of the molecule is CCC1CCCN(C(=O)NC2CCCC2)CC1. The van der Waals surface area contributed by atoms with Crippen LogP contribution in [-0.2, 0) is 0 Å². The first-order chi connectivity index (χ1) is 8.29. The highest BCUT2D eigenvalue weighted by Crippen LogP contribution is 2.21. The molecule has 0 spiro atoms. The van der Waals surface area contributed by atoms with Crippen molar-refractivity contribution in [3.63, 3.8) is 0 Å². The highest BCUT2D eigenvalue weighted by Gasteiger charge is 2.23. The van der Waals surface area contributed by atoms with E-state index >= 15 is 0 Å². The fourth-order valence-electron chi connectivity index (χ4n) is 3.11. The van der Waals surface area contributed by atoms with Crippen molar-refractivity contribution in [1.82, 2.24) is 10.2 Å². The molecule has 3 heteroatoms. The Bertz CT molecular complexity index is 249. The number of carbonyl (C=O) groups is 1. The van der Waals surface area contributed by atoms with Crippen molar-refractivity contribution in [2.24, 2.45) is 5.92 Å². The summed E-state index contributed by atoms with van der Waals surface area (Å²) in [6.07, 6.45) is 9.84. The summed E-state index contributed by atoms with van der Waals surface area (Å²) in [6.45, 7) is 4.17. The van der Waals surface area contributed by atoms with Gasteiger partial charge in [0.2, 0.25) is 0 Å². The zero-order valence-electron chi connectivity index (χ0n) is 11.1. The summed E-state index contributed by atoms with van der Waals surface area (Å²) in [5.41, 5.74) is 0. The molecule has 1 saturated carbocycles. The van der Waals surface area contributed by atoms with Gasteiger partial charge in [0.25, 0.3) is 0 Å². The molecule has 0 radical (unpaired) electrons. The average molecular weight is 238 g/mol. The molecule has 2 rings (SSSR count). The van der Waals surface area contributed by atoms with E-state index in [4.69, 9.17) is 0 Å². The average Bonchev–Trinajstić information content (AvgIpc) is 2.71. The van der Waals surface area contributed by atoms with Crippen LogP contribution >= 0.6 is 0 Å². The first-order valence-corrected chi connectivity index (χ1v) is 7.35. The molecule has 1 atom stereocenters. The third-order valence-electron chi connectivity index (χ3n) is 4.40. The van der Waals surface area contributed by atoms with Gasteiger partial charge >= 0.3 is 6.03 Å². The maximum absolute atomic E-state index is 12.1. The molecule has 0 aromatic carbocycles. The number of nitrogens with zero attached hydrogens (tertiary/aromatic N) is 1. The van der Waals surface area contributed by atoms with Crippen molar-refractivity contribution < 1.29 is 4.79 Å². The second kappa shape index (κ2) is 6.27. The molecule has 2 aliphatic rings. The summed E-state index contributed by atoms with van der Waals surface area (Å²) in [4.78, 5) is 14.2. The van der Waals surface area contributed by atoms with Gasteiger partial charge in [-0.25, -0.2) is 4.79 Å². The van der Waals surface area contributed by atoms with Crippen LogP contribution in [0.4, 0.5) is 4.79 Å². The van der Waals surface area contributed by atoms with E-state index in [1.807, 2.05) is 4.90 Å². The first kappa shape index (κ1) is 12.7. The van der Waals surface area contributed by atoms with Crippen LogP contribution < -0.4 is 5.32 Å². The number of amides is 2. The molecule has 1 aliphatic carbocycles. The van der Waals surface area contributed by atoms with Crippen molar-refractivity contribution in [2.45, 2.75) is 64.3 Å². The van der Waals surface area contributed by atoms with Gasteiger partial charge in [0.05, 0.1) is 0 Å². The first-order valence-electron chi connectivity index (χ1n) is 7.35. The number of hydrogen-bond donors (Lipinski definition) is 1. The van der Waals surface area contributed by atoms with E-state index in [1.54, 1.807) is 0 Å². The van der Waals surface area contributed by atoms with Crippen molar-refractivity contribution in [3.8, 4) is 0 Å². The molecular formula is C14H26N2O. The Hall–Kier alpha value is -0.730. The largest absolute Gasteiger partial charge is 0.335 e. The summed E-state index contributed by atoms with van der Waals surface area (Å²) in [5, 5.41) is 3.20. The minimum absolute atomic E-state index is 0.189. The van der Waals surface area contributed by atoms with Gasteiger partial charge in [-0.05, 0) is 38.0 Å². The maximum atomic E-state index is 12.1. The van der Waals surface area contributed by atoms with Gasteiger partial charge in [0.1, 0.15) is 0 Å². The lowest BCUT2D eigenvalue weighted by Crippen LogP contribution is -2.44. The van der Waals surface area contributed by atoms with Crippen LogP contribution in [0.2, 0.25) is 0 Å². The molecular weight excluding hydrogens is 212 g/mol. The van der Waals surface area contributed by atoms with Crippen LogP contribution in [-0.4, -0.2) is 30.1 Å². The number of urea groups is 1. The van der Waals surface area contributed by atoms with Crippen molar-refractivity contribution in [1.29, 1.82) is 0 Å². The Morgan fingerprint density at radius 2 is 1.88 bits per heavy atom. The highest BCUT2D eigenvalue weighted by atomic mass is 16.2. The predicted molar refractivity (Wildman–Crippen MR) is 70.0 cm³/mol. The fraction of sp³-hybridized carbons (Fsp3) is 0.929. The van der Waals surface area contributed by atoms with E-state index in [0.717, 1.165) is 19.0 Å². The summed E-state index contributed by atoms with van der Waals surface area (Å²) in [7, 11) is 0. The minimum atomic E-state index is 0.189. The Morgan fingerprint density at radius 1 is 1.12 bits per heavy atom. The van der Waals surface area contributed by atoms with E-state index in [9.17, 15) is 4.79 Å². The Kier molecular flexibility index (Phi) is 4.69. The van der Waals surface area contributed by atoms with Crippen LogP contribution in [0.5, 0.6) is 0 Å². The number of hydrogen-bond acceptors (Lipinski definition) is 1. The summed E-state index contributed by atoms with van der Waals surface area (Å²) < 4.78 is 0. The summed E-state index contributed by atoms with van der Waals surface area (Å²) in [5.74, 6) is 0.833. The number of carbonyl (C=O) groups excluding carboxylic acids is 1. The van der Waals surface area contributed by atoms with Crippen LogP contribution in [0.25, 0.3) is 0 Å². The van der Waals surface area contributed by atoms with Gasteiger partial charge in [-0.2, -0.15) is 0 Å². The van der Waals surface area contributed by atoms with Crippen molar-refractivity contribution in [3.05, 3.63) is 0 Å². The number of likely N-dealkylation sites (tertiary alicyclic amines) is 1. The van der Waals surface area contributed by atoms with E-state index in [2.05, 4.69) is 12.2 Å². The molecule has 1 heterocycles. The van der Waals surface area contributed by atoms with E-state index in [-0.39, 0.29) is 6.03 Å². The quantitative estimate of drug-likeness (QED) is 0.787. The van der Waals surface area contributed by atoms with Crippen LogP contribution in [0.1, 0.15) is 58.3 Å². The zero-order valence-corrected chi connectivity index (χ0v) is 11.1. The molecule has 2 amide bonds. The van der Waals surface area contributed by atoms with Gasteiger partial charge in [-0.3, -0.25) is 0 Å². The fourth-order valence-corrected chi connectivity index (χ4v) is 3.11. The Balaban J connectivity index is 1.78. The number of nitrogens with one attached hydrogen (secondary N) is 1. The van der Waals surface area contributed by atoms with Crippen molar-refractivity contribution in [2.75, 3.05) is 13.1 Å². The van der Waals surface area contributed by atoms with E-state index in [1.165, 1.54) is 51.4 Å². The molecule has 0 aromatic rings. The zero-order chi connectivity index (χ0) is 12.1. The maximum Gasteiger partial charge on any atom is 0.317 e. The van der Waals surface area contributed by atoms with Gasteiger partial charge in [-0.15, -0.1) is 0 Å². The smallest absolute Gasteiger partial charge is 0.317 e. The van der Waals surface area contributed by atoms with Gasteiger partial charge in [0, 0.05) is 19.1 Å². The van der Waals surface area contributed by atoms with Gasteiger partial charge in [-0.1, -0.05) is 26.2 Å². The molecule has 1 N–H and O–H groups in total. The van der Waals surface area contributed by atoms with Crippen molar-refractivity contribution >= 4 is 6.03 Å². The van der Waals surface area contributed by atoms with E-state index in [0.29, 0.717) is 6.04 Å². The third kappa shape index (κ3) is 3.62. The summed E-state index contributed by atoms with van der Waals surface area (Å²) in [6, 6.07) is 0.640. The van der Waals surface area contributed by atoms with E-state index < -0.39 is 0 Å². The topological polar surface area (TPSA) is 32.3 Å². The second-order valence-corrected chi connectivity index (χ2v) is 5.62. The third-order valence-corrected chi connectivity index (χ3v) is 4.40. The summed E-state index contributed by atoms with van der Waals surface area (Å²) >= 11 is 0. The Morgan fingerprint density at radius 3 is 2.59 bits per heavy atom. The molecule has 2 fully saturated rings. The minimum Gasteiger partial charge on any atom is -0.335 e. The normalized spacial score (nSPS) is 26.9. The van der Waals surface area contributed by atoms with Gasteiger partial charge in [0.15, 0.2) is 0 Å². The molecule has 17 heavy (non-hydrogen) atoms. The molecule has 98 valence electrons. The molecule has 0 bridgehead atoms. The lowest BCUT2D eigenvalue weighted by Gasteiger charge is -2.23. The molecule has 1 unspecified atom stereocenters. The number of rotatable bonds is 2. The highest BCUT2D eigenvalue weighted by molar-refractivity contribution is 5.74. The monoisotopic (exact) mass is 238 g/mol. The lowest BCUT2D eigenvalue weighted by molar-refractivity contribution is 0.195. The molecule has 0 aromatic heterocycles. The lowest BCUT2D eigenvalue weighted by atomic mass is 9.98. The Labute approximate surface area is 105 Å².